The summed E-state index contributed by atoms with van der Waals surface area (Å²) in [5.41, 5.74) is 2.24. The van der Waals surface area contributed by atoms with Gasteiger partial charge in [0, 0.05) is 18.7 Å². The summed E-state index contributed by atoms with van der Waals surface area (Å²) in [5.74, 6) is -0.995. The number of thiophene rings is 1. The smallest absolute Gasteiger partial charge is 0.341 e. The van der Waals surface area contributed by atoms with Gasteiger partial charge in [0.2, 0.25) is 0 Å². The molecular weight excluding hydrogens is 364 g/mol. The van der Waals surface area contributed by atoms with E-state index >= 15 is 0 Å². The fraction of sp³-hybridized carbons (Fsp3) is 0.350. The van der Waals surface area contributed by atoms with Crippen molar-refractivity contribution in [1.82, 2.24) is 4.90 Å². The molecule has 0 spiro atoms. The Morgan fingerprint density at radius 1 is 1.15 bits per heavy atom. The Kier molecular flexibility index (Phi) is 5.60. The summed E-state index contributed by atoms with van der Waals surface area (Å²) in [6, 6.07) is 7.17. The first-order valence-corrected chi connectivity index (χ1v) is 9.63. The molecule has 1 N–H and O–H groups in total. The molecule has 0 radical (unpaired) electrons. The average molecular weight is 386 g/mol. The van der Waals surface area contributed by atoms with E-state index in [-0.39, 0.29) is 17.4 Å². The van der Waals surface area contributed by atoms with Crippen LogP contribution in [0.4, 0.5) is 5.00 Å². The molecule has 0 unspecified atom stereocenters. The summed E-state index contributed by atoms with van der Waals surface area (Å²) >= 11 is 1.13. The number of hydrogen-bond acceptors (Lipinski definition) is 5. The first-order chi connectivity index (χ1) is 12.9. The number of hydrogen-bond donors (Lipinski definition) is 1. The highest BCUT2D eigenvalue weighted by Gasteiger charge is 2.29. The molecular formula is C20H22N2O4S. The van der Waals surface area contributed by atoms with E-state index in [0.717, 1.165) is 29.7 Å². The molecule has 0 aliphatic carbocycles. The largest absolute Gasteiger partial charge is 0.465 e. The molecule has 1 saturated heterocycles. The van der Waals surface area contributed by atoms with Gasteiger partial charge in [0.1, 0.15) is 5.00 Å². The van der Waals surface area contributed by atoms with E-state index in [1.54, 1.807) is 30.0 Å². The molecule has 3 rings (SSSR count). The summed E-state index contributed by atoms with van der Waals surface area (Å²) in [5, 5.41) is 3.13. The Bertz CT molecular complexity index is 897. The van der Waals surface area contributed by atoms with Crippen LogP contribution in [0.2, 0.25) is 0 Å². The van der Waals surface area contributed by atoms with Crippen molar-refractivity contribution in [1.29, 1.82) is 0 Å². The third-order valence-corrected chi connectivity index (χ3v) is 5.83. The summed E-state index contributed by atoms with van der Waals surface area (Å²) in [4.78, 5) is 40.0. The molecule has 6 nitrogen and oxygen atoms in total. The SMILES string of the molecule is COC(=O)c1c(NC(=O)c2cccc(C)c2)sc(C(=O)N2CCCC2)c1C. The third kappa shape index (κ3) is 3.88. The molecule has 0 atom stereocenters. The number of likely N-dealkylation sites (tertiary alicyclic amines) is 1. The first-order valence-electron chi connectivity index (χ1n) is 8.81. The number of nitrogens with one attached hydrogen (secondary N) is 1. The summed E-state index contributed by atoms with van der Waals surface area (Å²) in [7, 11) is 1.29. The number of amides is 2. The molecule has 1 fully saturated rings. The minimum absolute atomic E-state index is 0.101. The van der Waals surface area contributed by atoms with Crippen molar-refractivity contribution in [3.63, 3.8) is 0 Å². The van der Waals surface area contributed by atoms with Gasteiger partial charge in [0.25, 0.3) is 11.8 Å². The monoisotopic (exact) mass is 386 g/mol. The van der Waals surface area contributed by atoms with Crippen LogP contribution in [0.3, 0.4) is 0 Å². The van der Waals surface area contributed by atoms with Crippen LogP contribution >= 0.6 is 11.3 Å². The number of anilines is 1. The van der Waals surface area contributed by atoms with Crippen LogP contribution in [-0.2, 0) is 4.74 Å². The van der Waals surface area contributed by atoms with Crippen molar-refractivity contribution in [2.75, 3.05) is 25.5 Å². The van der Waals surface area contributed by atoms with Gasteiger partial charge < -0.3 is 15.0 Å². The number of carbonyl (C=O) groups excluding carboxylic acids is 3. The summed E-state index contributed by atoms with van der Waals surface area (Å²) in [6.45, 7) is 5.05. The van der Waals surface area contributed by atoms with Gasteiger partial charge in [-0.1, -0.05) is 17.7 Å². The molecule has 7 heteroatoms. The number of benzene rings is 1. The number of rotatable bonds is 4. The van der Waals surface area contributed by atoms with E-state index in [1.807, 2.05) is 13.0 Å². The topological polar surface area (TPSA) is 75.7 Å². The summed E-state index contributed by atoms with van der Waals surface area (Å²) < 4.78 is 4.87. The molecule has 0 saturated carbocycles. The van der Waals surface area contributed by atoms with Gasteiger partial charge in [-0.25, -0.2) is 4.79 Å². The number of carbonyl (C=O) groups is 3. The lowest BCUT2D eigenvalue weighted by Crippen LogP contribution is -2.27. The van der Waals surface area contributed by atoms with E-state index in [2.05, 4.69) is 5.32 Å². The maximum absolute atomic E-state index is 12.8. The van der Waals surface area contributed by atoms with Crippen molar-refractivity contribution in [3.8, 4) is 0 Å². The van der Waals surface area contributed by atoms with Crippen molar-refractivity contribution in [2.45, 2.75) is 26.7 Å². The first kappa shape index (κ1) is 19.1. The Morgan fingerprint density at radius 2 is 1.85 bits per heavy atom. The highest BCUT2D eigenvalue weighted by atomic mass is 32.1. The zero-order chi connectivity index (χ0) is 19.6. The van der Waals surface area contributed by atoms with Gasteiger partial charge in [-0.2, -0.15) is 0 Å². The van der Waals surface area contributed by atoms with Gasteiger partial charge in [0.15, 0.2) is 0 Å². The molecule has 1 aliphatic rings. The second kappa shape index (κ2) is 7.92. The van der Waals surface area contributed by atoms with Crippen LogP contribution in [0.25, 0.3) is 0 Å². The Hall–Kier alpha value is -2.67. The van der Waals surface area contributed by atoms with Gasteiger partial charge >= 0.3 is 5.97 Å². The minimum Gasteiger partial charge on any atom is -0.465 e. The van der Waals surface area contributed by atoms with Crippen molar-refractivity contribution in [3.05, 3.63) is 51.4 Å². The normalized spacial score (nSPS) is 13.5. The molecule has 2 heterocycles. The lowest BCUT2D eigenvalue weighted by Gasteiger charge is -2.14. The van der Waals surface area contributed by atoms with Crippen molar-refractivity contribution < 1.29 is 19.1 Å². The Labute approximate surface area is 162 Å². The molecule has 1 aromatic carbocycles. The van der Waals surface area contributed by atoms with E-state index in [0.29, 0.717) is 34.1 Å². The number of esters is 1. The van der Waals surface area contributed by atoms with Gasteiger partial charge in [-0.15, -0.1) is 11.3 Å². The fourth-order valence-corrected chi connectivity index (χ4v) is 4.34. The quantitative estimate of drug-likeness (QED) is 0.814. The molecule has 1 aliphatic heterocycles. The van der Waals surface area contributed by atoms with Crippen LogP contribution < -0.4 is 5.32 Å². The second-order valence-electron chi connectivity index (χ2n) is 6.57. The highest BCUT2D eigenvalue weighted by molar-refractivity contribution is 7.18. The predicted molar refractivity (Wildman–Crippen MR) is 105 cm³/mol. The van der Waals surface area contributed by atoms with Crippen LogP contribution in [0.1, 0.15) is 54.4 Å². The van der Waals surface area contributed by atoms with Gasteiger partial charge in [0.05, 0.1) is 17.6 Å². The van der Waals surface area contributed by atoms with Crippen LogP contribution in [0.5, 0.6) is 0 Å². The molecule has 1 aromatic heterocycles. The number of methoxy groups -OCH3 is 1. The Balaban J connectivity index is 1.95. The standard InChI is InChI=1S/C20H22N2O4S/c1-12-7-6-8-14(11-12)17(23)21-18-15(20(25)26-3)13(2)16(27-18)19(24)22-9-4-5-10-22/h6-8,11H,4-5,9-10H2,1-3H3,(H,21,23). The third-order valence-electron chi connectivity index (χ3n) is 4.63. The fourth-order valence-electron chi connectivity index (χ4n) is 3.18. The average Bonchev–Trinajstić information content (AvgIpc) is 3.29. The zero-order valence-electron chi connectivity index (χ0n) is 15.6. The van der Waals surface area contributed by atoms with Crippen molar-refractivity contribution in [2.24, 2.45) is 0 Å². The lowest BCUT2D eigenvalue weighted by atomic mass is 10.1. The predicted octanol–water partition coefficient (Wildman–Crippen LogP) is 3.64. The molecule has 142 valence electrons. The zero-order valence-corrected chi connectivity index (χ0v) is 16.4. The van der Waals surface area contributed by atoms with E-state index < -0.39 is 5.97 Å². The molecule has 2 amide bonds. The number of ether oxygens (including phenoxy) is 1. The maximum atomic E-state index is 12.8. The molecule has 2 aromatic rings. The van der Waals surface area contributed by atoms with E-state index in [4.69, 9.17) is 4.74 Å². The summed E-state index contributed by atoms with van der Waals surface area (Å²) in [6.07, 6.45) is 1.97. The molecule has 0 bridgehead atoms. The van der Waals surface area contributed by atoms with Gasteiger partial charge in [-0.05, 0) is 44.4 Å². The van der Waals surface area contributed by atoms with Crippen LogP contribution in [0.15, 0.2) is 24.3 Å². The van der Waals surface area contributed by atoms with E-state index in [9.17, 15) is 14.4 Å². The van der Waals surface area contributed by atoms with Crippen LogP contribution in [0, 0.1) is 13.8 Å². The minimum atomic E-state index is -0.566. The van der Waals surface area contributed by atoms with Crippen molar-refractivity contribution >= 4 is 34.1 Å². The molecule has 27 heavy (non-hydrogen) atoms. The number of nitrogens with zero attached hydrogens (tertiary/aromatic N) is 1. The van der Waals surface area contributed by atoms with Gasteiger partial charge in [-0.3, -0.25) is 9.59 Å². The number of aryl methyl sites for hydroxylation is 1. The van der Waals surface area contributed by atoms with E-state index in [1.165, 1.54) is 7.11 Å². The second-order valence-corrected chi connectivity index (χ2v) is 7.60. The van der Waals surface area contributed by atoms with Crippen LogP contribution in [-0.4, -0.2) is 42.9 Å². The maximum Gasteiger partial charge on any atom is 0.341 e. The highest BCUT2D eigenvalue weighted by Crippen LogP contribution is 2.35. The Morgan fingerprint density at radius 3 is 2.48 bits per heavy atom. The lowest BCUT2D eigenvalue weighted by molar-refractivity contribution is 0.0601.